The first-order chi connectivity index (χ1) is 11.6. The van der Waals surface area contributed by atoms with Gasteiger partial charge in [0, 0.05) is 43.5 Å². The van der Waals surface area contributed by atoms with E-state index >= 15 is 0 Å². The van der Waals surface area contributed by atoms with E-state index in [9.17, 15) is 14.4 Å². The van der Waals surface area contributed by atoms with Gasteiger partial charge in [0.15, 0.2) is 0 Å². The van der Waals surface area contributed by atoms with E-state index in [1.54, 1.807) is 4.68 Å². The van der Waals surface area contributed by atoms with Crippen molar-refractivity contribution in [3.8, 4) is 0 Å². The summed E-state index contributed by atoms with van der Waals surface area (Å²) in [6.07, 6.45) is 1.83. The summed E-state index contributed by atoms with van der Waals surface area (Å²) < 4.78 is 1.77. The van der Waals surface area contributed by atoms with Crippen LogP contribution in [0, 0.1) is 5.92 Å². The number of nitrogens with one attached hydrogen (secondary N) is 1. The van der Waals surface area contributed by atoms with Crippen molar-refractivity contribution in [1.29, 1.82) is 0 Å². The molecule has 124 valence electrons. The van der Waals surface area contributed by atoms with Gasteiger partial charge in [0.25, 0.3) is 0 Å². The van der Waals surface area contributed by atoms with E-state index in [1.807, 2.05) is 25.2 Å². The monoisotopic (exact) mass is 326 g/mol. The van der Waals surface area contributed by atoms with Gasteiger partial charge in [-0.05, 0) is 24.6 Å². The van der Waals surface area contributed by atoms with E-state index in [-0.39, 0.29) is 23.7 Å². The van der Waals surface area contributed by atoms with Gasteiger partial charge in [-0.25, -0.2) is 0 Å². The zero-order chi connectivity index (χ0) is 16.8. The number of carbonyl (C=O) groups is 3. The van der Waals surface area contributed by atoms with Gasteiger partial charge in [0.05, 0.1) is 17.1 Å². The van der Waals surface area contributed by atoms with E-state index in [2.05, 4.69) is 15.3 Å². The third-order valence-corrected chi connectivity index (χ3v) is 4.90. The van der Waals surface area contributed by atoms with Crippen LogP contribution in [-0.4, -0.2) is 41.0 Å². The van der Waals surface area contributed by atoms with Crippen molar-refractivity contribution in [2.75, 3.05) is 18.0 Å². The summed E-state index contributed by atoms with van der Waals surface area (Å²) in [5.41, 5.74) is 2.72. The molecule has 0 bridgehead atoms. The molecule has 0 spiro atoms. The lowest BCUT2D eigenvalue weighted by atomic mass is 9.92. The standard InChI is InChI=1S/C17H18N4O3/c1-20-14-6-11(21-7-10(8-21)9-22)2-3-12(14)16(19-20)13-4-5-15(23)18-17(13)24/h2-3,6,9-10,13H,4-5,7-8H2,1H3,(H,18,23,24). The lowest BCUT2D eigenvalue weighted by Crippen LogP contribution is -2.47. The Morgan fingerprint density at radius 1 is 1.29 bits per heavy atom. The molecule has 0 radical (unpaired) electrons. The Kier molecular flexibility index (Phi) is 3.37. The number of fused-ring (bicyclic) bond motifs is 1. The molecule has 24 heavy (non-hydrogen) atoms. The highest BCUT2D eigenvalue weighted by Gasteiger charge is 2.32. The Balaban J connectivity index is 1.68. The molecule has 7 heteroatoms. The zero-order valence-electron chi connectivity index (χ0n) is 13.4. The summed E-state index contributed by atoms with van der Waals surface area (Å²) in [7, 11) is 1.85. The molecule has 2 saturated heterocycles. The van der Waals surface area contributed by atoms with Crippen molar-refractivity contribution >= 4 is 34.7 Å². The Morgan fingerprint density at radius 3 is 2.79 bits per heavy atom. The number of aldehydes is 1. The van der Waals surface area contributed by atoms with Crippen LogP contribution in [0.5, 0.6) is 0 Å². The van der Waals surface area contributed by atoms with Crippen LogP contribution in [-0.2, 0) is 21.4 Å². The van der Waals surface area contributed by atoms with Crippen LogP contribution in [0.1, 0.15) is 24.5 Å². The molecule has 2 fully saturated rings. The smallest absolute Gasteiger partial charge is 0.235 e. The van der Waals surface area contributed by atoms with Crippen LogP contribution in [0.3, 0.4) is 0 Å². The van der Waals surface area contributed by atoms with Crippen molar-refractivity contribution in [2.24, 2.45) is 13.0 Å². The molecule has 1 aromatic heterocycles. The number of carbonyl (C=O) groups excluding carboxylic acids is 3. The van der Waals surface area contributed by atoms with Gasteiger partial charge < -0.3 is 9.69 Å². The molecule has 1 N–H and O–H groups in total. The first-order valence-corrected chi connectivity index (χ1v) is 8.07. The summed E-state index contributed by atoms with van der Waals surface area (Å²) in [6.45, 7) is 1.49. The predicted molar refractivity (Wildman–Crippen MR) is 87.6 cm³/mol. The summed E-state index contributed by atoms with van der Waals surface area (Å²) in [5.74, 6) is -0.764. The number of rotatable bonds is 3. The van der Waals surface area contributed by atoms with E-state index in [1.165, 1.54) is 0 Å². The van der Waals surface area contributed by atoms with Crippen LogP contribution >= 0.6 is 0 Å². The van der Waals surface area contributed by atoms with Crippen molar-refractivity contribution in [1.82, 2.24) is 15.1 Å². The minimum absolute atomic E-state index is 0.117. The first-order valence-electron chi connectivity index (χ1n) is 8.07. The number of benzene rings is 1. The number of nitrogens with zero attached hydrogens (tertiary/aromatic N) is 3. The third-order valence-electron chi connectivity index (χ3n) is 4.90. The van der Waals surface area contributed by atoms with Gasteiger partial charge in [-0.2, -0.15) is 5.10 Å². The fraction of sp³-hybridized carbons (Fsp3) is 0.412. The Labute approximate surface area is 138 Å². The Morgan fingerprint density at radius 2 is 2.08 bits per heavy atom. The second kappa shape index (κ2) is 5.43. The third kappa shape index (κ3) is 2.28. The molecule has 2 aliphatic heterocycles. The van der Waals surface area contributed by atoms with Gasteiger partial charge >= 0.3 is 0 Å². The second-order valence-electron chi connectivity index (χ2n) is 6.52. The van der Waals surface area contributed by atoms with E-state index in [0.29, 0.717) is 12.8 Å². The molecule has 1 atom stereocenters. The molecule has 0 saturated carbocycles. The molecule has 7 nitrogen and oxygen atoms in total. The number of hydrogen-bond donors (Lipinski definition) is 1. The van der Waals surface area contributed by atoms with E-state index in [4.69, 9.17) is 0 Å². The maximum atomic E-state index is 12.1. The average Bonchev–Trinajstić information content (AvgIpc) is 2.83. The normalized spacial score (nSPS) is 21.7. The molecule has 1 unspecified atom stereocenters. The number of piperidine rings is 1. The largest absolute Gasteiger partial charge is 0.370 e. The molecule has 3 heterocycles. The van der Waals surface area contributed by atoms with E-state index in [0.717, 1.165) is 41.7 Å². The number of amides is 2. The topological polar surface area (TPSA) is 84.3 Å². The molecular formula is C17H18N4O3. The number of hydrogen-bond acceptors (Lipinski definition) is 5. The van der Waals surface area contributed by atoms with Crippen LogP contribution in [0.15, 0.2) is 18.2 Å². The van der Waals surface area contributed by atoms with Crippen molar-refractivity contribution in [2.45, 2.75) is 18.8 Å². The molecule has 4 rings (SSSR count). The number of aryl methyl sites for hydroxylation is 1. The SMILES string of the molecule is Cn1nc(C2CCC(=O)NC2=O)c2ccc(N3CC(C=O)C3)cc21. The summed E-state index contributed by atoms with van der Waals surface area (Å²) in [5, 5.41) is 7.86. The molecule has 1 aromatic carbocycles. The highest BCUT2D eigenvalue weighted by atomic mass is 16.2. The fourth-order valence-corrected chi connectivity index (χ4v) is 3.49. The minimum Gasteiger partial charge on any atom is -0.370 e. The summed E-state index contributed by atoms with van der Waals surface area (Å²) in [6, 6.07) is 6.02. The van der Waals surface area contributed by atoms with Gasteiger partial charge in [-0.1, -0.05) is 0 Å². The minimum atomic E-state index is -0.388. The lowest BCUT2D eigenvalue weighted by Gasteiger charge is -2.38. The average molecular weight is 326 g/mol. The maximum Gasteiger partial charge on any atom is 0.235 e. The Bertz CT molecular complexity index is 851. The van der Waals surface area contributed by atoms with Gasteiger partial charge in [0.2, 0.25) is 11.8 Å². The van der Waals surface area contributed by atoms with Crippen molar-refractivity contribution in [3.05, 3.63) is 23.9 Å². The second-order valence-corrected chi connectivity index (χ2v) is 6.52. The Hall–Kier alpha value is -2.70. The number of anilines is 1. The van der Waals surface area contributed by atoms with Gasteiger partial charge in [-0.3, -0.25) is 19.6 Å². The number of imide groups is 1. The van der Waals surface area contributed by atoms with Gasteiger partial charge in [0.1, 0.15) is 6.29 Å². The molecule has 2 aliphatic rings. The fourth-order valence-electron chi connectivity index (χ4n) is 3.49. The maximum absolute atomic E-state index is 12.1. The van der Waals surface area contributed by atoms with Crippen molar-refractivity contribution < 1.29 is 14.4 Å². The van der Waals surface area contributed by atoms with Crippen LogP contribution in [0.25, 0.3) is 10.9 Å². The molecule has 2 aromatic rings. The quantitative estimate of drug-likeness (QED) is 0.664. The van der Waals surface area contributed by atoms with Crippen LogP contribution < -0.4 is 10.2 Å². The van der Waals surface area contributed by atoms with Crippen LogP contribution in [0.4, 0.5) is 5.69 Å². The lowest BCUT2D eigenvalue weighted by molar-refractivity contribution is -0.134. The summed E-state index contributed by atoms with van der Waals surface area (Å²) in [4.78, 5) is 36.4. The zero-order valence-corrected chi connectivity index (χ0v) is 13.4. The molecule has 2 amide bonds. The molecule has 0 aliphatic carbocycles. The van der Waals surface area contributed by atoms with E-state index < -0.39 is 0 Å². The molecular weight excluding hydrogens is 308 g/mol. The first kappa shape index (κ1) is 14.9. The number of aromatic nitrogens is 2. The predicted octanol–water partition coefficient (Wildman–Crippen LogP) is 0.729. The highest BCUT2D eigenvalue weighted by molar-refractivity contribution is 6.02. The van der Waals surface area contributed by atoms with Gasteiger partial charge in [-0.15, -0.1) is 0 Å². The summed E-state index contributed by atoms with van der Waals surface area (Å²) >= 11 is 0. The van der Waals surface area contributed by atoms with Crippen molar-refractivity contribution in [3.63, 3.8) is 0 Å². The van der Waals surface area contributed by atoms with Crippen LogP contribution in [0.2, 0.25) is 0 Å². The highest BCUT2D eigenvalue weighted by Crippen LogP contribution is 2.33.